The molecule has 62 valence electrons. The van der Waals surface area contributed by atoms with E-state index in [1.165, 1.54) is 10.8 Å². The number of hydrogen-bond acceptors (Lipinski definition) is 3. The van der Waals surface area contributed by atoms with Crippen LogP contribution in [0.25, 0.3) is 0 Å². The van der Waals surface area contributed by atoms with Gasteiger partial charge in [0, 0.05) is 5.75 Å². The third-order valence-electron chi connectivity index (χ3n) is 1.86. The lowest BCUT2D eigenvalue weighted by molar-refractivity contribution is -0.111. The second-order valence-corrected chi connectivity index (χ2v) is 5.00. The van der Waals surface area contributed by atoms with Crippen LogP contribution < -0.4 is 0 Å². The van der Waals surface area contributed by atoms with Crippen molar-refractivity contribution in [3.05, 3.63) is 35.9 Å². The Morgan fingerprint density at radius 1 is 1.25 bits per heavy atom. The van der Waals surface area contributed by atoms with Gasteiger partial charge in [-0.25, -0.2) is 0 Å². The van der Waals surface area contributed by atoms with Crippen LogP contribution in [0.5, 0.6) is 0 Å². The Kier molecular flexibility index (Phi) is 2.42. The van der Waals surface area contributed by atoms with E-state index in [4.69, 9.17) is 0 Å². The molecule has 1 saturated heterocycles. The Bertz CT molecular complexity index is 284. The van der Waals surface area contributed by atoms with Gasteiger partial charge in [-0.05, 0) is 16.4 Å². The van der Waals surface area contributed by atoms with Crippen LogP contribution in [0.2, 0.25) is 0 Å². The van der Waals surface area contributed by atoms with Gasteiger partial charge in [0.2, 0.25) is 5.12 Å². The van der Waals surface area contributed by atoms with Crippen molar-refractivity contribution in [3.63, 3.8) is 0 Å². The molecular weight excluding hydrogens is 188 g/mol. The van der Waals surface area contributed by atoms with Crippen LogP contribution in [0.1, 0.15) is 11.5 Å². The van der Waals surface area contributed by atoms with E-state index in [2.05, 4.69) is 0 Å². The summed E-state index contributed by atoms with van der Waals surface area (Å²) in [4.78, 5) is 11.3. The molecule has 1 aromatic carbocycles. The summed E-state index contributed by atoms with van der Waals surface area (Å²) in [6, 6.07) is 9.99. The first-order chi connectivity index (χ1) is 5.88. The van der Waals surface area contributed by atoms with Gasteiger partial charge in [-0.1, -0.05) is 41.1 Å². The average Bonchev–Trinajstić information content (AvgIpc) is 2.53. The Hall–Kier alpha value is -0.410. The topological polar surface area (TPSA) is 17.1 Å². The van der Waals surface area contributed by atoms with Crippen molar-refractivity contribution < 1.29 is 4.79 Å². The van der Waals surface area contributed by atoms with Crippen LogP contribution in [-0.4, -0.2) is 10.9 Å². The molecule has 12 heavy (non-hydrogen) atoms. The zero-order valence-corrected chi connectivity index (χ0v) is 8.03. The largest absolute Gasteiger partial charge is 0.286 e. The van der Waals surface area contributed by atoms with Gasteiger partial charge in [-0.15, -0.1) is 0 Å². The van der Waals surface area contributed by atoms with E-state index in [1.54, 1.807) is 10.8 Å². The number of carbonyl (C=O) groups excluding carboxylic acids is 1. The lowest BCUT2D eigenvalue weighted by Crippen LogP contribution is -2.04. The molecule has 0 N–H and O–H groups in total. The van der Waals surface area contributed by atoms with Crippen molar-refractivity contribution in [2.75, 3.05) is 5.75 Å². The Morgan fingerprint density at radius 2 is 2.00 bits per heavy atom. The van der Waals surface area contributed by atoms with E-state index in [0.29, 0.717) is 5.12 Å². The smallest absolute Gasteiger partial charge is 0.207 e. The third kappa shape index (κ3) is 1.52. The van der Waals surface area contributed by atoms with Gasteiger partial charge < -0.3 is 0 Å². The molecule has 3 heteroatoms. The summed E-state index contributed by atoms with van der Waals surface area (Å²) in [5.41, 5.74) is 1.15. The lowest BCUT2D eigenvalue weighted by Gasteiger charge is -2.04. The van der Waals surface area contributed by atoms with E-state index in [1.807, 2.05) is 30.3 Å². The van der Waals surface area contributed by atoms with Crippen LogP contribution in [-0.2, 0) is 4.79 Å². The molecule has 1 aliphatic rings. The standard InChI is InChI=1S/C9H8OS2/c10-9-8(6-11-12-9)7-4-2-1-3-5-7/h1-5,8H,6H2. The Morgan fingerprint density at radius 3 is 2.58 bits per heavy atom. The van der Waals surface area contributed by atoms with E-state index in [0.717, 1.165) is 11.3 Å². The first kappa shape index (κ1) is 8.20. The molecule has 0 bridgehead atoms. The van der Waals surface area contributed by atoms with Crippen molar-refractivity contribution in [2.45, 2.75) is 5.92 Å². The van der Waals surface area contributed by atoms with Gasteiger partial charge in [0.05, 0.1) is 5.92 Å². The average molecular weight is 196 g/mol. The molecule has 0 aliphatic carbocycles. The third-order valence-corrected chi connectivity index (χ3v) is 4.15. The highest BCUT2D eigenvalue weighted by Gasteiger charge is 2.27. The van der Waals surface area contributed by atoms with Crippen LogP contribution in [0.3, 0.4) is 0 Å². The minimum absolute atomic E-state index is 0.126. The normalized spacial score (nSPS) is 23.0. The van der Waals surface area contributed by atoms with Crippen molar-refractivity contribution in [3.8, 4) is 0 Å². The monoisotopic (exact) mass is 196 g/mol. The number of rotatable bonds is 1. The predicted molar refractivity (Wildman–Crippen MR) is 54.2 cm³/mol. The molecule has 1 heterocycles. The molecule has 1 unspecified atom stereocenters. The molecule has 2 rings (SSSR count). The second-order valence-electron chi connectivity index (χ2n) is 2.65. The maximum atomic E-state index is 11.3. The molecule has 1 nitrogen and oxygen atoms in total. The van der Waals surface area contributed by atoms with Crippen molar-refractivity contribution in [1.29, 1.82) is 0 Å². The van der Waals surface area contributed by atoms with Gasteiger partial charge in [0.25, 0.3) is 0 Å². The maximum absolute atomic E-state index is 11.3. The SMILES string of the molecule is O=C1SSCC1c1ccccc1. The molecule has 1 atom stereocenters. The zero-order valence-electron chi connectivity index (χ0n) is 6.40. The van der Waals surface area contributed by atoms with Gasteiger partial charge >= 0.3 is 0 Å². The summed E-state index contributed by atoms with van der Waals surface area (Å²) in [6.07, 6.45) is 0. The van der Waals surface area contributed by atoms with Crippen molar-refractivity contribution >= 4 is 26.7 Å². The lowest BCUT2D eigenvalue weighted by atomic mass is 10.0. The quantitative estimate of drug-likeness (QED) is 0.643. The molecular formula is C9H8OS2. The summed E-state index contributed by atoms with van der Waals surface area (Å²) in [7, 11) is 3.03. The predicted octanol–water partition coefficient (Wildman–Crippen LogP) is 2.69. The molecule has 1 aliphatic heterocycles. The van der Waals surface area contributed by atoms with E-state index >= 15 is 0 Å². The summed E-state index contributed by atoms with van der Waals surface area (Å²) in [6.45, 7) is 0. The van der Waals surface area contributed by atoms with Crippen LogP contribution in [0, 0.1) is 0 Å². The van der Waals surface area contributed by atoms with Crippen LogP contribution >= 0.6 is 21.6 Å². The molecule has 0 saturated carbocycles. The van der Waals surface area contributed by atoms with Crippen LogP contribution in [0.4, 0.5) is 0 Å². The van der Waals surface area contributed by atoms with E-state index in [-0.39, 0.29) is 5.92 Å². The summed E-state index contributed by atoms with van der Waals surface area (Å²) < 4.78 is 0. The minimum atomic E-state index is 0.126. The summed E-state index contributed by atoms with van der Waals surface area (Å²) in [5, 5.41) is 0.297. The molecule has 1 fully saturated rings. The van der Waals surface area contributed by atoms with Gasteiger partial charge in [0.15, 0.2) is 0 Å². The summed E-state index contributed by atoms with van der Waals surface area (Å²) in [5.74, 6) is 1.05. The van der Waals surface area contributed by atoms with Crippen molar-refractivity contribution in [1.82, 2.24) is 0 Å². The van der Waals surface area contributed by atoms with Crippen molar-refractivity contribution in [2.24, 2.45) is 0 Å². The zero-order chi connectivity index (χ0) is 8.39. The fraction of sp³-hybridized carbons (Fsp3) is 0.222. The highest BCUT2D eigenvalue weighted by atomic mass is 33.1. The molecule has 0 amide bonds. The fourth-order valence-electron chi connectivity index (χ4n) is 1.20. The summed E-state index contributed by atoms with van der Waals surface area (Å²) >= 11 is 0. The Balaban J connectivity index is 2.25. The molecule has 1 aromatic rings. The van der Waals surface area contributed by atoms with Gasteiger partial charge in [0.1, 0.15) is 0 Å². The fourth-order valence-corrected chi connectivity index (χ4v) is 3.62. The number of hydrogen-bond donors (Lipinski definition) is 0. The highest BCUT2D eigenvalue weighted by Crippen LogP contribution is 2.41. The highest BCUT2D eigenvalue weighted by molar-refractivity contribution is 8.83. The second kappa shape index (κ2) is 3.54. The number of carbonyl (C=O) groups is 1. The molecule has 0 aromatic heterocycles. The minimum Gasteiger partial charge on any atom is -0.286 e. The van der Waals surface area contributed by atoms with Gasteiger partial charge in [-0.3, -0.25) is 4.79 Å². The maximum Gasteiger partial charge on any atom is 0.207 e. The molecule has 0 spiro atoms. The van der Waals surface area contributed by atoms with Gasteiger partial charge in [-0.2, -0.15) is 0 Å². The van der Waals surface area contributed by atoms with E-state index in [9.17, 15) is 4.79 Å². The van der Waals surface area contributed by atoms with Crippen LogP contribution in [0.15, 0.2) is 30.3 Å². The number of benzene rings is 1. The first-order valence-electron chi connectivity index (χ1n) is 3.76. The molecule has 0 radical (unpaired) electrons. The van der Waals surface area contributed by atoms with E-state index < -0.39 is 0 Å². The first-order valence-corrected chi connectivity index (χ1v) is 6.08. The Labute approximate surface area is 79.3 Å².